The molecule has 1 unspecified atom stereocenters. The van der Waals surface area contributed by atoms with E-state index in [0.717, 1.165) is 16.8 Å². The molecule has 1 atom stereocenters. The van der Waals surface area contributed by atoms with Crippen LogP contribution in [0.5, 0.6) is 11.5 Å². The second kappa shape index (κ2) is 7.75. The minimum atomic E-state index is -0.177. The Hall–Kier alpha value is -3.06. The predicted molar refractivity (Wildman–Crippen MR) is 109 cm³/mol. The average molecular weight is 414 g/mol. The van der Waals surface area contributed by atoms with Crippen LogP contribution >= 0.6 is 11.6 Å². The van der Waals surface area contributed by atoms with Gasteiger partial charge in [-0.05, 0) is 42.8 Å². The Bertz CT molecular complexity index is 1070. The highest BCUT2D eigenvalue weighted by Crippen LogP contribution is 2.35. The lowest BCUT2D eigenvalue weighted by atomic mass is 10.1. The lowest BCUT2D eigenvalue weighted by Crippen LogP contribution is -2.24. The van der Waals surface area contributed by atoms with Crippen molar-refractivity contribution in [3.8, 4) is 22.9 Å². The first-order chi connectivity index (χ1) is 14.0. The van der Waals surface area contributed by atoms with Gasteiger partial charge in [0.1, 0.15) is 0 Å². The van der Waals surface area contributed by atoms with E-state index in [4.69, 9.17) is 25.6 Å². The van der Waals surface area contributed by atoms with E-state index in [1.807, 2.05) is 25.1 Å². The van der Waals surface area contributed by atoms with Gasteiger partial charge in [-0.2, -0.15) is 4.98 Å². The first-order valence-electron chi connectivity index (χ1n) is 9.12. The molecule has 1 aromatic heterocycles. The molecule has 2 aromatic carbocycles. The van der Waals surface area contributed by atoms with Crippen molar-refractivity contribution in [2.75, 3.05) is 25.7 Å². The number of hydrogen-bond donors (Lipinski definition) is 0. The maximum atomic E-state index is 12.5. The molecule has 0 N–H and O–H groups in total. The van der Waals surface area contributed by atoms with Gasteiger partial charge in [-0.25, -0.2) is 0 Å². The number of benzene rings is 2. The van der Waals surface area contributed by atoms with Crippen molar-refractivity contribution in [2.45, 2.75) is 19.3 Å². The van der Waals surface area contributed by atoms with Crippen LogP contribution in [0.25, 0.3) is 11.4 Å². The summed E-state index contributed by atoms with van der Waals surface area (Å²) < 4.78 is 16.1. The van der Waals surface area contributed by atoms with Crippen molar-refractivity contribution in [1.82, 2.24) is 10.1 Å². The van der Waals surface area contributed by atoms with Gasteiger partial charge in [0.15, 0.2) is 11.5 Å². The van der Waals surface area contributed by atoms with Crippen LogP contribution in [0.2, 0.25) is 5.02 Å². The van der Waals surface area contributed by atoms with Crippen LogP contribution in [-0.2, 0) is 4.79 Å². The van der Waals surface area contributed by atoms with Gasteiger partial charge in [0.05, 0.1) is 20.1 Å². The van der Waals surface area contributed by atoms with Gasteiger partial charge in [0.2, 0.25) is 17.6 Å². The van der Waals surface area contributed by atoms with Crippen molar-refractivity contribution >= 4 is 23.2 Å². The number of aromatic nitrogens is 2. The third kappa shape index (κ3) is 3.65. The number of nitrogens with zero attached hydrogens (tertiary/aromatic N) is 3. The number of hydrogen-bond acceptors (Lipinski definition) is 6. The molecule has 0 aliphatic carbocycles. The standard InChI is InChI=1S/C21H20ClN3O4/c1-12-4-6-15(10-16(12)22)25-11-14(9-19(25)26)21-23-20(24-29-21)13-5-7-17(27-2)18(8-13)28-3/h4-8,10,14H,9,11H2,1-3H3. The molecule has 2 heterocycles. The van der Waals surface area contributed by atoms with Gasteiger partial charge in [0.25, 0.3) is 0 Å². The Morgan fingerprint density at radius 3 is 2.66 bits per heavy atom. The predicted octanol–water partition coefficient (Wildman–Crippen LogP) is 4.24. The highest BCUT2D eigenvalue weighted by molar-refractivity contribution is 6.31. The second-order valence-electron chi connectivity index (χ2n) is 6.86. The minimum Gasteiger partial charge on any atom is -0.493 e. The summed E-state index contributed by atoms with van der Waals surface area (Å²) in [5.74, 6) is 1.89. The zero-order valence-corrected chi connectivity index (χ0v) is 17.1. The van der Waals surface area contributed by atoms with Gasteiger partial charge in [-0.15, -0.1) is 0 Å². The molecule has 0 spiro atoms. The summed E-state index contributed by atoms with van der Waals surface area (Å²) in [5.41, 5.74) is 2.48. The van der Waals surface area contributed by atoms with E-state index in [0.29, 0.717) is 41.2 Å². The van der Waals surface area contributed by atoms with E-state index in [1.165, 1.54) is 0 Å². The fraction of sp³-hybridized carbons (Fsp3) is 0.286. The number of rotatable bonds is 5. The van der Waals surface area contributed by atoms with Gasteiger partial charge < -0.3 is 18.9 Å². The number of methoxy groups -OCH3 is 2. The summed E-state index contributed by atoms with van der Waals surface area (Å²) in [6.45, 7) is 2.39. The van der Waals surface area contributed by atoms with Crippen LogP contribution in [0.15, 0.2) is 40.9 Å². The highest BCUT2D eigenvalue weighted by Gasteiger charge is 2.35. The van der Waals surface area contributed by atoms with E-state index in [2.05, 4.69) is 10.1 Å². The molecule has 1 amide bonds. The third-order valence-corrected chi connectivity index (χ3v) is 5.43. The minimum absolute atomic E-state index is 0.000728. The van der Waals surface area contributed by atoms with Crippen LogP contribution < -0.4 is 14.4 Å². The van der Waals surface area contributed by atoms with Gasteiger partial charge in [-0.1, -0.05) is 22.8 Å². The fourth-order valence-corrected chi connectivity index (χ4v) is 3.54. The number of amides is 1. The van der Waals surface area contributed by atoms with Crippen molar-refractivity contribution in [1.29, 1.82) is 0 Å². The Morgan fingerprint density at radius 2 is 1.93 bits per heavy atom. The Balaban J connectivity index is 1.56. The van der Waals surface area contributed by atoms with Gasteiger partial charge >= 0.3 is 0 Å². The summed E-state index contributed by atoms with van der Waals surface area (Å²) in [5, 5.41) is 4.71. The van der Waals surface area contributed by atoms with Gasteiger partial charge in [0, 0.05) is 29.2 Å². The molecule has 150 valence electrons. The molecule has 0 radical (unpaired) electrons. The average Bonchev–Trinajstić information content (AvgIpc) is 3.36. The largest absolute Gasteiger partial charge is 0.493 e. The molecule has 4 rings (SSSR count). The van der Waals surface area contributed by atoms with Crippen molar-refractivity contribution in [2.24, 2.45) is 0 Å². The normalized spacial score (nSPS) is 16.3. The van der Waals surface area contributed by atoms with Crippen LogP contribution in [0.4, 0.5) is 5.69 Å². The summed E-state index contributed by atoms with van der Waals surface area (Å²) in [4.78, 5) is 18.8. The highest BCUT2D eigenvalue weighted by atomic mass is 35.5. The van der Waals surface area contributed by atoms with Crippen molar-refractivity contribution < 1.29 is 18.8 Å². The summed E-state index contributed by atoms with van der Waals surface area (Å²) >= 11 is 6.21. The second-order valence-corrected chi connectivity index (χ2v) is 7.27. The van der Waals surface area contributed by atoms with E-state index in [1.54, 1.807) is 37.3 Å². The molecular formula is C21H20ClN3O4. The monoisotopic (exact) mass is 413 g/mol. The Labute approximate surface area is 173 Å². The number of carbonyl (C=O) groups is 1. The molecule has 1 aliphatic heterocycles. The molecule has 29 heavy (non-hydrogen) atoms. The number of ether oxygens (including phenoxy) is 2. The molecule has 1 fully saturated rings. The maximum absolute atomic E-state index is 12.5. The molecule has 3 aromatic rings. The Kier molecular flexibility index (Phi) is 5.15. The molecule has 0 bridgehead atoms. The zero-order valence-electron chi connectivity index (χ0n) is 16.3. The smallest absolute Gasteiger partial charge is 0.232 e. The number of carbonyl (C=O) groups excluding carboxylic acids is 1. The van der Waals surface area contributed by atoms with E-state index in [9.17, 15) is 4.79 Å². The topological polar surface area (TPSA) is 77.7 Å². The van der Waals surface area contributed by atoms with Crippen molar-refractivity contribution in [3.05, 3.63) is 52.9 Å². The van der Waals surface area contributed by atoms with Crippen LogP contribution in [0.3, 0.4) is 0 Å². The molecular weight excluding hydrogens is 394 g/mol. The number of halogens is 1. The maximum Gasteiger partial charge on any atom is 0.232 e. The van der Waals surface area contributed by atoms with E-state index in [-0.39, 0.29) is 11.8 Å². The summed E-state index contributed by atoms with van der Waals surface area (Å²) in [6.07, 6.45) is 0.305. The molecule has 7 nitrogen and oxygen atoms in total. The summed E-state index contributed by atoms with van der Waals surface area (Å²) in [6, 6.07) is 11.0. The number of aryl methyl sites for hydroxylation is 1. The third-order valence-electron chi connectivity index (χ3n) is 5.02. The molecule has 8 heteroatoms. The quantitative estimate of drug-likeness (QED) is 0.622. The van der Waals surface area contributed by atoms with Crippen LogP contribution in [0, 0.1) is 6.92 Å². The number of anilines is 1. The fourth-order valence-electron chi connectivity index (χ4n) is 3.37. The lowest BCUT2D eigenvalue weighted by molar-refractivity contribution is -0.117. The van der Waals surface area contributed by atoms with Crippen LogP contribution in [0.1, 0.15) is 23.8 Å². The van der Waals surface area contributed by atoms with E-state index >= 15 is 0 Å². The SMILES string of the molecule is COc1ccc(-c2noc(C3CC(=O)N(c4ccc(C)c(Cl)c4)C3)n2)cc1OC. The first-order valence-corrected chi connectivity index (χ1v) is 9.50. The first kappa shape index (κ1) is 19.3. The summed E-state index contributed by atoms with van der Waals surface area (Å²) in [7, 11) is 3.15. The molecule has 0 saturated carbocycles. The Morgan fingerprint density at radius 1 is 1.14 bits per heavy atom. The van der Waals surface area contributed by atoms with E-state index < -0.39 is 0 Å². The van der Waals surface area contributed by atoms with Crippen LogP contribution in [-0.4, -0.2) is 36.8 Å². The lowest BCUT2D eigenvalue weighted by Gasteiger charge is -2.17. The zero-order chi connectivity index (χ0) is 20.5. The van der Waals surface area contributed by atoms with Crippen molar-refractivity contribution in [3.63, 3.8) is 0 Å². The molecule has 1 aliphatic rings. The van der Waals surface area contributed by atoms with Gasteiger partial charge in [-0.3, -0.25) is 4.79 Å². The molecule has 1 saturated heterocycles.